The molecule has 0 bridgehead atoms. The summed E-state index contributed by atoms with van der Waals surface area (Å²) in [6, 6.07) is 7.31. The fraction of sp³-hybridized carbons (Fsp3) is 0.154. The quantitative estimate of drug-likeness (QED) is 0.943. The topological polar surface area (TPSA) is 57.4 Å². The number of hydrogen-bond acceptors (Lipinski definition) is 4. The predicted molar refractivity (Wildman–Crippen MR) is 72.9 cm³/mol. The van der Waals surface area contributed by atoms with Crippen molar-refractivity contribution in [2.24, 2.45) is 5.73 Å². The second-order valence-electron chi connectivity index (χ2n) is 3.59. The fourth-order valence-electron chi connectivity index (χ4n) is 1.48. The van der Waals surface area contributed by atoms with E-state index in [4.69, 9.17) is 15.2 Å². The van der Waals surface area contributed by atoms with Gasteiger partial charge in [-0.05, 0) is 40.2 Å². The van der Waals surface area contributed by atoms with Crippen molar-refractivity contribution in [3.8, 4) is 17.2 Å². The summed E-state index contributed by atoms with van der Waals surface area (Å²) < 4.78 is 11.8. The van der Waals surface area contributed by atoms with Crippen molar-refractivity contribution < 1.29 is 9.47 Å². The lowest BCUT2D eigenvalue weighted by Gasteiger charge is -2.11. The molecule has 4 nitrogen and oxygen atoms in total. The molecule has 94 valence electrons. The van der Waals surface area contributed by atoms with Crippen molar-refractivity contribution >= 4 is 15.9 Å². The summed E-state index contributed by atoms with van der Waals surface area (Å²) in [4.78, 5) is 4.02. The summed E-state index contributed by atoms with van der Waals surface area (Å²) in [5, 5.41) is 0. The van der Waals surface area contributed by atoms with Gasteiger partial charge in [-0.25, -0.2) is 0 Å². The van der Waals surface area contributed by atoms with Crippen LogP contribution in [0.3, 0.4) is 0 Å². The van der Waals surface area contributed by atoms with E-state index < -0.39 is 0 Å². The molecule has 1 heterocycles. The maximum atomic E-state index is 5.81. The van der Waals surface area contributed by atoms with Crippen molar-refractivity contribution in [2.45, 2.75) is 6.54 Å². The second-order valence-corrected chi connectivity index (χ2v) is 4.44. The Morgan fingerprint density at radius 3 is 2.78 bits per heavy atom. The van der Waals surface area contributed by atoms with E-state index in [-0.39, 0.29) is 0 Å². The zero-order chi connectivity index (χ0) is 13.0. The van der Waals surface area contributed by atoms with Crippen LogP contribution in [0.5, 0.6) is 17.2 Å². The number of nitrogens with two attached hydrogens (primary N) is 1. The number of hydrogen-bond donors (Lipinski definition) is 1. The van der Waals surface area contributed by atoms with Crippen LogP contribution in [0.25, 0.3) is 0 Å². The Hall–Kier alpha value is -1.59. The number of pyridine rings is 1. The van der Waals surface area contributed by atoms with E-state index in [9.17, 15) is 0 Å². The average molecular weight is 309 g/mol. The lowest BCUT2D eigenvalue weighted by molar-refractivity contribution is 0.412. The van der Waals surface area contributed by atoms with Crippen LogP contribution < -0.4 is 15.2 Å². The highest BCUT2D eigenvalue weighted by atomic mass is 79.9. The molecule has 0 atom stereocenters. The number of nitrogens with zero attached hydrogens (tertiary/aromatic N) is 1. The minimum absolute atomic E-state index is 0.386. The van der Waals surface area contributed by atoms with Gasteiger partial charge in [0, 0.05) is 24.5 Å². The SMILES string of the molecule is COc1ccc(Oc2ccncc2CN)c(Br)c1. The van der Waals surface area contributed by atoms with Crippen molar-refractivity contribution in [1.82, 2.24) is 4.98 Å². The van der Waals surface area contributed by atoms with E-state index in [1.54, 1.807) is 25.6 Å². The first-order valence-corrected chi connectivity index (χ1v) is 6.18. The number of ether oxygens (including phenoxy) is 2. The standard InChI is InChI=1S/C13H13BrN2O2/c1-17-10-2-3-13(11(14)6-10)18-12-4-5-16-8-9(12)7-15/h2-6,8H,7,15H2,1H3. The Balaban J connectivity index is 2.28. The Morgan fingerprint density at radius 2 is 2.11 bits per heavy atom. The summed E-state index contributed by atoms with van der Waals surface area (Å²) in [7, 11) is 1.62. The van der Waals surface area contributed by atoms with Gasteiger partial charge in [0.05, 0.1) is 11.6 Å². The zero-order valence-corrected chi connectivity index (χ0v) is 11.5. The Morgan fingerprint density at radius 1 is 1.28 bits per heavy atom. The van der Waals surface area contributed by atoms with E-state index in [0.717, 1.165) is 15.8 Å². The monoisotopic (exact) mass is 308 g/mol. The van der Waals surface area contributed by atoms with Gasteiger partial charge in [-0.15, -0.1) is 0 Å². The first kappa shape index (κ1) is 12.9. The molecule has 1 aromatic carbocycles. The number of rotatable bonds is 4. The van der Waals surface area contributed by atoms with Crippen molar-refractivity contribution in [1.29, 1.82) is 0 Å². The van der Waals surface area contributed by atoms with Gasteiger partial charge in [-0.3, -0.25) is 4.98 Å². The van der Waals surface area contributed by atoms with E-state index in [0.29, 0.717) is 18.0 Å². The van der Waals surface area contributed by atoms with E-state index >= 15 is 0 Å². The largest absolute Gasteiger partial charge is 0.497 e. The van der Waals surface area contributed by atoms with Gasteiger partial charge in [0.15, 0.2) is 0 Å². The van der Waals surface area contributed by atoms with Crippen molar-refractivity contribution in [2.75, 3.05) is 7.11 Å². The van der Waals surface area contributed by atoms with E-state index in [1.807, 2.05) is 18.2 Å². The second kappa shape index (κ2) is 5.84. The van der Waals surface area contributed by atoms with Crippen LogP contribution in [-0.2, 0) is 6.54 Å². The van der Waals surface area contributed by atoms with Crippen molar-refractivity contribution in [3.63, 3.8) is 0 Å². The number of methoxy groups -OCH3 is 1. The molecular formula is C13H13BrN2O2. The van der Waals surface area contributed by atoms with Gasteiger partial charge in [-0.2, -0.15) is 0 Å². The normalized spacial score (nSPS) is 10.2. The van der Waals surface area contributed by atoms with Gasteiger partial charge < -0.3 is 15.2 Å². The molecule has 5 heteroatoms. The van der Waals surface area contributed by atoms with Crippen LogP contribution in [0.4, 0.5) is 0 Å². The molecule has 18 heavy (non-hydrogen) atoms. The fourth-order valence-corrected chi connectivity index (χ4v) is 1.92. The molecule has 0 unspecified atom stereocenters. The summed E-state index contributed by atoms with van der Waals surface area (Å²) in [5.74, 6) is 2.18. The number of benzene rings is 1. The third kappa shape index (κ3) is 2.80. The van der Waals surface area contributed by atoms with Gasteiger partial charge in [0.1, 0.15) is 17.2 Å². The highest BCUT2D eigenvalue weighted by Crippen LogP contribution is 2.33. The highest BCUT2D eigenvalue weighted by Gasteiger charge is 2.07. The highest BCUT2D eigenvalue weighted by molar-refractivity contribution is 9.10. The number of halogens is 1. The van der Waals surface area contributed by atoms with Crippen LogP contribution in [-0.4, -0.2) is 12.1 Å². The Labute approximate surface area is 114 Å². The van der Waals surface area contributed by atoms with Gasteiger partial charge >= 0.3 is 0 Å². The molecule has 1 aromatic heterocycles. The van der Waals surface area contributed by atoms with E-state index in [2.05, 4.69) is 20.9 Å². The molecule has 2 N–H and O–H groups in total. The smallest absolute Gasteiger partial charge is 0.141 e. The predicted octanol–water partition coefficient (Wildman–Crippen LogP) is 3.10. The third-order valence-corrected chi connectivity index (χ3v) is 3.06. The maximum Gasteiger partial charge on any atom is 0.141 e. The van der Waals surface area contributed by atoms with Crippen LogP contribution in [0.2, 0.25) is 0 Å². The molecule has 2 aromatic rings. The molecule has 0 aliphatic rings. The van der Waals surface area contributed by atoms with Crippen LogP contribution in [0, 0.1) is 0 Å². The lowest BCUT2D eigenvalue weighted by Crippen LogP contribution is -2.00. The molecule has 0 saturated carbocycles. The summed E-state index contributed by atoms with van der Waals surface area (Å²) in [6.07, 6.45) is 3.37. The zero-order valence-electron chi connectivity index (χ0n) is 9.89. The third-order valence-electron chi connectivity index (χ3n) is 2.44. The lowest BCUT2D eigenvalue weighted by atomic mass is 10.2. The molecule has 0 aliphatic carbocycles. The molecule has 2 rings (SSSR count). The van der Waals surface area contributed by atoms with Crippen LogP contribution >= 0.6 is 15.9 Å². The first-order valence-electron chi connectivity index (χ1n) is 5.39. The molecule has 0 aliphatic heterocycles. The van der Waals surface area contributed by atoms with E-state index in [1.165, 1.54) is 0 Å². The molecule has 0 saturated heterocycles. The Bertz CT molecular complexity index is 546. The molecule has 0 fully saturated rings. The minimum Gasteiger partial charge on any atom is -0.497 e. The Kier molecular flexibility index (Phi) is 4.17. The van der Waals surface area contributed by atoms with Gasteiger partial charge in [0.25, 0.3) is 0 Å². The van der Waals surface area contributed by atoms with Crippen LogP contribution in [0.1, 0.15) is 5.56 Å². The average Bonchev–Trinajstić information content (AvgIpc) is 2.41. The molecular weight excluding hydrogens is 296 g/mol. The molecule has 0 spiro atoms. The maximum absolute atomic E-state index is 5.81. The minimum atomic E-state index is 0.386. The van der Waals surface area contributed by atoms with Gasteiger partial charge in [0.2, 0.25) is 0 Å². The first-order chi connectivity index (χ1) is 8.74. The van der Waals surface area contributed by atoms with Crippen LogP contribution in [0.15, 0.2) is 41.1 Å². The van der Waals surface area contributed by atoms with Gasteiger partial charge in [-0.1, -0.05) is 0 Å². The summed E-state index contributed by atoms with van der Waals surface area (Å²) in [5.41, 5.74) is 6.50. The summed E-state index contributed by atoms with van der Waals surface area (Å²) >= 11 is 3.44. The molecule has 0 radical (unpaired) electrons. The summed E-state index contributed by atoms with van der Waals surface area (Å²) in [6.45, 7) is 0.386. The number of aromatic nitrogens is 1. The molecule has 0 amide bonds. The van der Waals surface area contributed by atoms with Crippen molar-refractivity contribution in [3.05, 3.63) is 46.7 Å².